The summed E-state index contributed by atoms with van der Waals surface area (Å²) >= 11 is 0. The van der Waals surface area contributed by atoms with Crippen molar-refractivity contribution in [3.8, 4) is 5.75 Å². The number of morpholine rings is 1. The lowest BCUT2D eigenvalue weighted by Crippen LogP contribution is -2.38. The Morgan fingerprint density at radius 2 is 2.36 bits per heavy atom. The quantitative estimate of drug-likeness (QED) is 0.934. The molecule has 22 heavy (non-hydrogen) atoms. The van der Waals surface area contributed by atoms with Crippen molar-refractivity contribution >= 4 is 0 Å². The van der Waals surface area contributed by atoms with Gasteiger partial charge in [-0.2, -0.15) is 5.10 Å². The minimum Gasteiger partial charge on any atom is -0.496 e. The second kappa shape index (κ2) is 6.41. The van der Waals surface area contributed by atoms with Crippen molar-refractivity contribution in [1.29, 1.82) is 0 Å². The van der Waals surface area contributed by atoms with Crippen LogP contribution in [0.15, 0.2) is 18.2 Å². The molecule has 0 unspecified atom stereocenters. The molecule has 1 aromatic heterocycles. The van der Waals surface area contributed by atoms with E-state index in [1.807, 2.05) is 6.92 Å². The topological polar surface area (TPSA) is 63.3 Å². The number of H-pyrrole nitrogens is 1. The molecule has 0 bridgehead atoms. The fourth-order valence-corrected chi connectivity index (χ4v) is 2.62. The molecule has 7 heteroatoms. The molecule has 0 radical (unpaired) electrons. The number of ether oxygens (including phenoxy) is 2. The fraction of sp³-hybridized carbons (Fsp3) is 0.467. The van der Waals surface area contributed by atoms with Gasteiger partial charge < -0.3 is 9.47 Å². The van der Waals surface area contributed by atoms with E-state index in [2.05, 4.69) is 20.1 Å². The maximum absolute atomic E-state index is 13.5. The van der Waals surface area contributed by atoms with Crippen molar-refractivity contribution in [2.45, 2.75) is 19.6 Å². The van der Waals surface area contributed by atoms with Crippen LogP contribution in [-0.2, 0) is 11.3 Å². The lowest BCUT2D eigenvalue weighted by Gasteiger charge is -2.31. The van der Waals surface area contributed by atoms with E-state index < -0.39 is 0 Å². The van der Waals surface area contributed by atoms with Gasteiger partial charge >= 0.3 is 0 Å². The average Bonchev–Trinajstić information content (AvgIpc) is 2.94. The number of halogens is 1. The van der Waals surface area contributed by atoms with Gasteiger partial charge in [-0.1, -0.05) is 0 Å². The van der Waals surface area contributed by atoms with Gasteiger partial charge in [-0.25, -0.2) is 9.37 Å². The van der Waals surface area contributed by atoms with E-state index in [-0.39, 0.29) is 11.9 Å². The molecule has 2 heterocycles. The number of hydrogen-bond acceptors (Lipinski definition) is 5. The number of nitrogens with one attached hydrogen (secondary N) is 1. The maximum Gasteiger partial charge on any atom is 0.180 e. The Labute approximate surface area is 128 Å². The predicted molar refractivity (Wildman–Crippen MR) is 78.0 cm³/mol. The van der Waals surface area contributed by atoms with Gasteiger partial charge in [0.2, 0.25) is 0 Å². The molecule has 3 rings (SSSR count). The van der Waals surface area contributed by atoms with Crippen LogP contribution in [0.5, 0.6) is 5.75 Å². The number of methoxy groups -OCH3 is 1. The van der Waals surface area contributed by atoms with E-state index in [9.17, 15) is 4.39 Å². The molecule has 6 nitrogen and oxygen atoms in total. The molecule has 1 aromatic carbocycles. The van der Waals surface area contributed by atoms with Crippen molar-refractivity contribution in [2.24, 2.45) is 0 Å². The van der Waals surface area contributed by atoms with Gasteiger partial charge in [0.05, 0.1) is 13.7 Å². The largest absolute Gasteiger partial charge is 0.496 e. The van der Waals surface area contributed by atoms with Crippen LogP contribution in [0.3, 0.4) is 0 Å². The molecule has 1 fully saturated rings. The Kier molecular flexibility index (Phi) is 4.35. The molecule has 1 aliphatic rings. The summed E-state index contributed by atoms with van der Waals surface area (Å²) in [6.45, 7) is 4.49. The third-order valence-electron chi connectivity index (χ3n) is 3.69. The summed E-state index contributed by atoms with van der Waals surface area (Å²) in [5, 5.41) is 6.98. The average molecular weight is 306 g/mol. The summed E-state index contributed by atoms with van der Waals surface area (Å²) in [5.41, 5.74) is 0.828. The van der Waals surface area contributed by atoms with Gasteiger partial charge in [0.25, 0.3) is 0 Å². The molecular weight excluding hydrogens is 287 g/mol. The van der Waals surface area contributed by atoms with E-state index in [4.69, 9.17) is 9.47 Å². The van der Waals surface area contributed by atoms with E-state index in [0.717, 1.165) is 17.9 Å². The van der Waals surface area contributed by atoms with E-state index in [0.29, 0.717) is 31.3 Å². The third-order valence-corrected chi connectivity index (χ3v) is 3.69. The van der Waals surface area contributed by atoms with Crippen molar-refractivity contribution in [3.63, 3.8) is 0 Å². The zero-order valence-electron chi connectivity index (χ0n) is 12.7. The first kappa shape index (κ1) is 14.9. The van der Waals surface area contributed by atoms with Crippen molar-refractivity contribution in [1.82, 2.24) is 20.1 Å². The number of aryl methyl sites for hydroxylation is 1. The standard InChI is InChI=1S/C15H19FN4O2/c1-10-17-15(19-18-10)14-9-20(5-6-22-14)8-11-7-12(16)3-4-13(11)21-2/h3-4,7,14H,5-6,8-9H2,1-2H3,(H,17,18,19)/t14-/m0/s1. The number of nitrogens with zero attached hydrogens (tertiary/aromatic N) is 3. The minimum absolute atomic E-state index is 0.168. The summed E-state index contributed by atoms with van der Waals surface area (Å²) in [6, 6.07) is 4.57. The van der Waals surface area contributed by atoms with Crippen LogP contribution in [0.4, 0.5) is 4.39 Å². The van der Waals surface area contributed by atoms with E-state index in [1.54, 1.807) is 13.2 Å². The van der Waals surface area contributed by atoms with Crippen LogP contribution < -0.4 is 4.74 Å². The number of aromatic nitrogens is 3. The highest BCUT2D eigenvalue weighted by Gasteiger charge is 2.25. The van der Waals surface area contributed by atoms with E-state index in [1.165, 1.54) is 12.1 Å². The lowest BCUT2D eigenvalue weighted by atomic mass is 10.1. The SMILES string of the molecule is COc1ccc(F)cc1CN1CCO[C@H](c2n[nH]c(C)n2)C1. The molecule has 2 aromatic rings. The Morgan fingerprint density at radius 3 is 3.09 bits per heavy atom. The molecule has 0 saturated carbocycles. The summed E-state index contributed by atoms with van der Waals surface area (Å²) in [6.07, 6.45) is -0.168. The van der Waals surface area contributed by atoms with Crippen LogP contribution in [0.2, 0.25) is 0 Å². The zero-order chi connectivity index (χ0) is 15.5. The highest BCUT2D eigenvalue weighted by Crippen LogP contribution is 2.25. The van der Waals surface area contributed by atoms with Gasteiger partial charge in [-0.15, -0.1) is 0 Å². The summed E-state index contributed by atoms with van der Waals surface area (Å²) in [7, 11) is 1.59. The van der Waals surface area contributed by atoms with Crippen molar-refractivity contribution in [3.05, 3.63) is 41.2 Å². The monoisotopic (exact) mass is 306 g/mol. The van der Waals surface area contributed by atoms with Crippen molar-refractivity contribution < 1.29 is 13.9 Å². The lowest BCUT2D eigenvalue weighted by molar-refractivity contribution is -0.0372. The second-order valence-corrected chi connectivity index (χ2v) is 5.33. The van der Waals surface area contributed by atoms with Gasteiger partial charge in [0.1, 0.15) is 23.5 Å². The number of aromatic amines is 1. The molecule has 1 atom stereocenters. The normalized spacial score (nSPS) is 19.3. The molecule has 0 spiro atoms. The Bertz CT molecular complexity index is 646. The number of rotatable bonds is 4. The molecular formula is C15H19FN4O2. The smallest absolute Gasteiger partial charge is 0.180 e. The predicted octanol–water partition coefficient (Wildman–Crippen LogP) is 1.83. The summed E-state index contributed by atoms with van der Waals surface area (Å²) in [4.78, 5) is 6.51. The van der Waals surface area contributed by atoms with Gasteiger partial charge in [0, 0.05) is 25.2 Å². The van der Waals surface area contributed by atoms with Crippen LogP contribution >= 0.6 is 0 Å². The van der Waals surface area contributed by atoms with Crippen LogP contribution in [0.25, 0.3) is 0 Å². The zero-order valence-corrected chi connectivity index (χ0v) is 12.7. The third kappa shape index (κ3) is 3.26. The molecule has 1 aliphatic heterocycles. The molecule has 1 N–H and O–H groups in total. The van der Waals surface area contributed by atoms with Crippen LogP contribution in [0.1, 0.15) is 23.3 Å². The second-order valence-electron chi connectivity index (χ2n) is 5.33. The Hall–Kier alpha value is -1.99. The van der Waals surface area contributed by atoms with Crippen molar-refractivity contribution in [2.75, 3.05) is 26.8 Å². The number of benzene rings is 1. The molecule has 1 saturated heterocycles. The molecule has 0 aliphatic carbocycles. The van der Waals surface area contributed by atoms with Crippen LogP contribution in [0, 0.1) is 12.7 Å². The maximum atomic E-state index is 13.5. The Balaban J connectivity index is 1.71. The Morgan fingerprint density at radius 1 is 1.50 bits per heavy atom. The fourth-order valence-electron chi connectivity index (χ4n) is 2.62. The number of hydrogen-bond donors (Lipinski definition) is 1. The summed E-state index contributed by atoms with van der Waals surface area (Å²) in [5.74, 6) is 1.86. The first-order valence-corrected chi connectivity index (χ1v) is 7.21. The first-order valence-electron chi connectivity index (χ1n) is 7.21. The van der Waals surface area contributed by atoms with Gasteiger partial charge in [-0.05, 0) is 25.1 Å². The van der Waals surface area contributed by atoms with Gasteiger partial charge in [-0.3, -0.25) is 10.00 Å². The van der Waals surface area contributed by atoms with Gasteiger partial charge in [0.15, 0.2) is 5.82 Å². The van der Waals surface area contributed by atoms with Crippen LogP contribution in [-0.4, -0.2) is 46.9 Å². The highest BCUT2D eigenvalue weighted by atomic mass is 19.1. The minimum atomic E-state index is -0.259. The van der Waals surface area contributed by atoms with E-state index >= 15 is 0 Å². The first-order chi connectivity index (χ1) is 10.7. The molecule has 0 amide bonds. The highest BCUT2D eigenvalue weighted by molar-refractivity contribution is 5.33. The summed E-state index contributed by atoms with van der Waals surface area (Å²) < 4.78 is 24.5. The molecule has 118 valence electrons.